The molecule has 2 heterocycles. The van der Waals surface area contributed by atoms with Crippen LogP contribution in [-0.4, -0.2) is 34.7 Å². The summed E-state index contributed by atoms with van der Waals surface area (Å²) in [4.78, 5) is 27.9. The van der Waals surface area contributed by atoms with Crippen LogP contribution >= 0.6 is 22.9 Å². The summed E-state index contributed by atoms with van der Waals surface area (Å²) in [5.41, 5.74) is 0.524. The molecule has 0 radical (unpaired) electrons. The third-order valence-corrected chi connectivity index (χ3v) is 4.88. The molecule has 0 saturated carbocycles. The van der Waals surface area contributed by atoms with Crippen LogP contribution in [0.15, 0.2) is 29.2 Å². The number of benzene rings is 1. The molecule has 0 aliphatic heterocycles. The fourth-order valence-electron chi connectivity index (χ4n) is 2.28. The van der Waals surface area contributed by atoms with Crippen molar-refractivity contribution in [2.45, 2.75) is 0 Å². The molecular weight excluding hydrogens is 380 g/mol. The van der Waals surface area contributed by atoms with Gasteiger partial charge >= 0.3 is 5.97 Å². The maximum Gasteiger partial charge on any atom is 0.347 e. The number of hydrogen-bond acceptors (Lipinski definition) is 6. The standard InChI is InChI=1S/C17H13ClN2O5S/c1-24-11-6-4-9(7-12(11)25-2)3-5-10-14(18)15(21)20-8-13(16(22)23)26-17(20)19-10/h3-8H,1-2H3,(H,22,23)/b5-3+. The van der Waals surface area contributed by atoms with Crippen molar-refractivity contribution < 1.29 is 19.4 Å². The normalized spacial score (nSPS) is 11.2. The van der Waals surface area contributed by atoms with Crippen molar-refractivity contribution in [1.29, 1.82) is 0 Å². The van der Waals surface area contributed by atoms with Crippen LogP contribution in [-0.2, 0) is 0 Å². The lowest BCUT2D eigenvalue weighted by atomic mass is 10.1. The molecule has 7 nitrogen and oxygen atoms in total. The molecule has 0 atom stereocenters. The zero-order valence-electron chi connectivity index (χ0n) is 13.7. The smallest absolute Gasteiger partial charge is 0.347 e. The highest BCUT2D eigenvalue weighted by atomic mass is 35.5. The van der Waals surface area contributed by atoms with Crippen molar-refractivity contribution in [3.05, 3.63) is 55.9 Å². The van der Waals surface area contributed by atoms with E-state index in [1.54, 1.807) is 31.4 Å². The summed E-state index contributed by atoms with van der Waals surface area (Å²) in [6.45, 7) is 0. The lowest BCUT2D eigenvalue weighted by molar-refractivity contribution is 0.0701. The lowest BCUT2D eigenvalue weighted by Gasteiger charge is -2.07. The monoisotopic (exact) mass is 392 g/mol. The summed E-state index contributed by atoms with van der Waals surface area (Å²) < 4.78 is 11.6. The van der Waals surface area contributed by atoms with E-state index in [1.165, 1.54) is 13.3 Å². The molecule has 26 heavy (non-hydrogen) atoms. The molecule has 1 N–H and O–H groups in total. The Hall–Kier alpha value is -2.84. The molecule has 134 valence electrons. The highest BCUT2D eigenvalue weighted by Gasteiger charge is 2.15. The van der Waals surface area contributed by atoms with Gasteiger partial charge in [-0.15, -0.1) is 0 Å². The van der Waals surface area contributed by atoms with Crippen LogP contribution in [0.2, 0.25) is 5.02 Å². The molecule has 0 amide bonds. The van der Waals surface area contributed by atoms with E-state index in [0.717, 1.165) is 21.3 Å². The fraction of sp³-hybridized carbons (Fsp3) is 0.118. The molecule has 3 aromatic rings. The largest absolute Gasteiger partial charge is 0.493 e. The molecule has 0 saturated heterocycles. The molecule has 0 spiro atoms. The minimum absolute atomic E-state index is 0.00619. The maximum absolute atomic E-state index is 12.3. The van der Waals surface area contributed by atoms with E-state index >= 15 is 0 Å². The van der Waals surface area contributed by atoms with E-state index in [4.69, 9.17) is 26.2 Å². The van der Waals surface area contributed by atoms with E-state index in [1.807, 2.05) is 6.07 Å². The summed E-state index contributed by atoms with van der Waals surface area (Å²) in [5.74, 6) is 0.0345. The van der Waals surface area contributed by atoms with E-state index in [2.05, 4.69) is 4.98 Å². The highest BCUT2D eigenvalue weighted by molar-refractivity contribution is 7.18. The van der Waals surface area contributed by atoms with Gasteiger partial charge in [0.1, 0.15) is 9.90 Å². The Morgan fingerprint density at radius 2 is 2.00 bits per heavy atom. The third kappa shape index (κ3) is 3.29. The van der Waals surface area contributed by atoms with E-state index < -0.39 is 11.5 Å². The number of carbonyl (C=O) groups is 1. The number of rotatable bonds is 5. The number of nitrogens with zero attached hydrogens (tertiary/aromatic N) is 2. The molecule has 0 unspecified atom stereocenters. The molecule has 2 aromatic heterocycles. The number of methoxy groups -OCH3 is 2. The average molecular weight is 393 g/mol. The summed E-state index contributed by atoms with van der Waals surface area (Å²) in [5, 5.41) is 8.97. The second-order valence-electron chi connectivity index (χ2n) is 5.12. The Balaban J connectivity index is 2.03. The van der Waals surface area contributed by atoms with Gasteiger partial charge in [-0.1, -0.05) is 35.1 Å². The summed E-state index contributed by atoms with van der Waals surface area (Å²) in [6.07, 6.45) is 4.52. The van der Waals surface area contributed by atoms with E-state index in [0.29, 0.717) is 11.5 Å². The quantitative estimate of drug-likeness (QED) is 0.716. The summed E-state index contributed by atoms with van der Waals surface area (Å²) in [7, 11) is 3.08. The Kier molecular flexibility index (Phi) is 4.97. The first-order valence-electron chi connectivity index (χ1n) is 7.29. The van der Waals surface area contributed by atoms with Crippen molar-refractivity contribution in [2.75, 3.05) is 14.2 Å². The van der Waals surface area contributed by atoms with Crippen LogP contribution < -0.4 is 15.0 Å². The third-order valence-electron chi connectivity index (χ3n) is 3.55. The Morgan fingerprint density at radius 3 is 2.65 bits per heavy atom. The van der Waals surface area contributed by atoms with Gasteiger partial charge in [0.15, 0.2) is 16.5 Å². The van der Waals surface area contributed by atoms with Gasteiger partial charge in [-0.25, -0.2) is 9.78 Å². The van der Waals surface area contributed by atoms with Gasteiger partial charge in [-0.05, 0) is 23.8 Å². The van der Waals surface area contributed by atoms with Gasteiger partial charge in [0.2, 0.25) is 0 Å². The number of thiazole rings is 1. The van der Waals surface area contributed by atoms with Crippen LogP contribution in [0, 0.1) is 0 Å². The second kappa shape index (κ2) is 7.19. The maximum atomic E-state index is 12.3. The molecule has 0 bridgehead atoms. The molecule has 0 fully saturated rings. The van der Waals surface area contributed by atoms with Gasteiger partial charge in [0, 0.05) is 6.20 Å². The van der Waals surface area contributed by atoms with Gasteiger partial charge < -0.3 is 14.6 Å². The van der Waals surface area contributed by atoms with Gasteiger partial charge in [-0.2, -0.15) is 0 Å². The first-order chi connectivity index (χ1) is 12.4. The van der Waals surface area contributed by atoms with Crippen molar-refractivity contribution in [1.82, 2.24) is 9.38 Å². The predicted octanol–water partition coefficient (Wildman–Crippen LogP) is 3.30. The number of halogens is 1. The Morgan fingerprint density at radius 1 is 1.27 bits per heavy atom. The zero-order valence-corrected chi connectivity index (χ0v) is 15.3. The van der Waals surface area contributed by atoms with Crippen LogP contribution in [0.1, 0.15) is 20.9 Å². The van der Waals surface area contributed by atoms with Crippen molar-refractivity contribution in [2.24, 2.45) is 0 Å². The predicted molar refractivity (Wildman–Crippen MR) is 99.8 cm³/mol. The average Bonchev–Trinajstić information content (AvgIpc) is 3.07. The van der Waals surface area contributed by atoms with Crippen LogP contribution in [0.4, 0.5) is 0 Å². The summed E-state index contributed by atoms with van der Waals surface area (Å²) >= 11 is 7.00. The molecular formula is C17H13ClN2O5S. The Bertz CT molecular complexity index is 1090. The molecule has 1 aromatic carbocycles. The van der Waals surface area contributed by atoms with Crippen LogP contribution in [0.3, 0.4) is 0 Å². The first kappa shape index (κ1) is 18.0. The number of aromatic nitrogens is 2. The van der Waals surface area contributed by atoms with Crippen molar-refractivity contribution in [3.8, 4) is 11.5 Å². The molecule has 9 heteroatoms. The zero-order chi connectivity index (χ0) is 18.8. The number of carboxylic acids is 1. The van der Waals surface area contributed by atoms with Gasteiger partial charge in [0.05, 0.1) is 19.9 Å². The minimum Gasteiger partial charge on any atom is -0.493 e. The molecule has 3 rings (SSSR count). The number of hydrogen-bond donors (Lipinski definition) is 1. The highest BCUT2D eigenvalue weighted by Crippen LogP contribution is 2.28. The molecule has 0 aliphatic rings. The second-order valence-corrected chi connectivity index (χ2v) is 6.50. The van der Waals surface area contributed by atoms with Crippen molar-refractivity contribution >= 4 is 46.0 Å². The lowest BCUT2D eigenvalue weighted by Crippen LogP contribution is -2.14. The van der Waals surface area contributed by atoms with E-state index in [9.17, 15) is 9.59 Å². The topological polar surface area (TPSA) is 90.1 Å². The SMILES string of the molecule is COc1ccc(/C=C/c2nc3sc(C(=O)O)cn3c(=O)c2Cl)cc1OC. The number of fused-ring (bicyclic) bond motifs is 1. The first-order valence-corrected chi connectivity index (χ1v) is 8.49. The van der Waals surface area contributed by atoms with Crippen molar-refractivity contribution in [3.63, 3.8) is 0 Å². The number of carboxylic acid groups (broad SMARTS) is 1. The van der Waals surface area contributed by atoms with E-state index in [-0.39, 0.29) is 20.6 Å². The number of aromatic carboxylic acids is 1. The minimum atomic E-state index is -1.13. The fourth-order valence-corrected chi connectivity index (χ4v) is 3.29. The number of ether oxygens (including phenoxy) is 2. The molecule has 0 aliphatic carbocycles. The Labute approximate surface area is 156 Å². The van der Waals surface area contributed by atoms with Crippen LogP contribution in [0.25, 0.3) is 17.1 Å². The van der Waals surface area contributed by atoms with Gasteiger partial charge in [0.25, 0.3) is 5.56 Å². The van der Waals surface area contributed by atoms with Gasteiger partial charge in [-0.3, -0.25) is 9.20 Å². The summed E-state index contributed by atoms with van der Waals surface area (Å²) in [6, 6.07) is 5.33. The van der Waals surface area contributed by atoms with Crippen LogP contribution in [0.5, 0.6) is 11.5 Å².